The molecule has 0 aliphatic carbocycles. The number of aromatic hydroxyl groups is 1. The Morgan fingerprint density at radius 3 is 2.20 bits per heavy atom. The minimum absolute atomic E-state index is 0.00712. The van der Waals surface area contributed by atoms with Crippen LogP contribution in [0, 0.1) is 13.8 Å². The number of amides is 5. The van der Waals surface area contributed by atoms with E-state index in [1.54, 1.807) is 15.3 Å². The standard InChI is InChI=1S/C37H51N7O7/c1-25-21-27(22-26(2)34(25)46)23-32(35(47)42-19-17-41(18-20-42)29-8-12-40(13-9-29)24-33(45)39-50)51-37(49)43-14-10-30(11-15-43)44-16-7-28-5-3-4-6-31(28)38-36(44)48/h3-6,21-22,29-30,32,46,50H,7-20,23-24H2,1-2H3,(H,38,48)(H,39,45)/t32-/m1/s1. The normalized spacial score (nSPS) is 20.3. The van der Waals surface area contributed by atoms with E-state index < -0.39 is 18.1 Å². The minimum Gasteiger partial charge on any atom is -0.507 e. The van der Waals surface area contributed by atoms with Crippen molar-refractivity contribution in [2.24, 2.45) is 0 Å². The van der Waals surface area contributed by atoms with Crippen LogP contribution in [0.25, 0.3) is 0 Å². The van der Waals surface area contributed by atoms with E-state index in [-0.39, 0.29) is 36.7 Å². The molecule has 0 aromatic heterocycles. The van der Waals surface area contributed by atoms with Crippen LogP contribution in [0.15, 0.2) is 36.4 Å². The predicted octanol–water partition coefficient (Wildman–Crippen LogP) is 2.73. The van der Waals surface area contributed by atoms with Crippen molar-refractivity contribution in [1.82, 2.24) is 30.0 Å². The number of phenols is 1. The Morgan fingerprint density at radius 2 is 1.53 bits per heavy atom. The molecule has 4 aliphatic rings. The average molecular weight is 706 g/mol. The van der Waals surface area contributed by atoms with Crippen LogP contribution in [-0.2, 0) is 27.2 Å². The first-order chi connectivity index (χ1) is 24.6. The van der Waals surface area contributed by atoms with Gasteiger partial charge in [0, 0.05) is 83.1 Å². The van der Waals surface area contributed by atoms with Crippen molar-refractivity contribution in [2.75, 3.05) is 70.8 Å². The quantitative estimate of drug-likeness (QED) is 0.240. The van der Waals surface area contributed by atoms with Crippen LogP contribution < -0.4 is 10.8 Å². The molecular formula is C37H51N7O7. The molecule has 3 saturated heterocycles. The Labute approximate surface area is 299 Å². The predicted molar refractivity (Wildman–Crippen MR) is 190 cm³/mol. The molecule has 1 atom stereocenters. The number of carbonyl (C=O) groups excluding carboxylic acids is 4. The summed E-state index contributed by atoms with van der Waals surface area (Å²) in [7, 11) is 0. The summed E-state index contributed by atoms with van der Waals surface area (Å²) in [6.45, 7) is 9.20. The van der Waals surface area contributed by atoms with E-state index >= 15 is 0 Å². The smallest absolute Gasteiger partial charge is 0.410 e. The fourth-order valence-electron chi connectivity index (χ4n) is 8.04. The summed E-state index contributed by atoms with van der Waals surface area (Å²) >= 11 is 0. The number of nitrogens with zero attached hydrogens (tertiary/aromatic N) is 5. The lowest BCUT2D eigenvalue weighted by Gasteiger charge is -2.43. The maximum atomic E-state index is 14.1. The fourth-order valence-corrected chi connectivity index (χ4v) is 8.04. The molecule has 0 saturated carbocycles. The summed E-state index contributed by atoms with van der Waals surface area (Å²) in [5, 5.41) is 22.2. The molecule has 14 nitrogen and oxygen atoms in total. The van der Waals surface area contributed by atoms with Gasteiger partial charge in [-0.1, -0.05) is 30.3 Å². The van der Waals surface area contributed by atoms with Crippen LogP contribution in [0.5, 0.6) is 5.75 Å². The fraction of sp³-hybridized carbons (Fsp3) is 0.568. The highest BCUT2D eigenvalue weighted by atomic mass is 16.6. The Balaban J connectivity index is 1.06. The van der Waals surface area contributed by atoms with Crippen LogP contribution in [0.3, 0.4) is 0 Å². The molecule has 2 aromatic rings. The number of piperidine rings is 2. The Kier molecular flexibility index (Phi) is 11.6. The van der Waals surface area contributed by atoms with Gasteiger partial charge in [0.05, 0.1) is 6.54 Å². The van der Waals surface area contributed by atoms with E-state index in [1.807, 2.05) is 60.0 Å². The number of para-hydroxylation sites is 1. The van der Waals surface area contributed by atoms with Gasteiger partial charge in [0.1, 0.15) is 5.75 Å². The first kappa shape index (κ1) is 36.4. The number of benzene rings is 2. The van der Waals surface area contributed by atoms with Gasteiger partial charge in [-0.05, 0) is 74.3 Å². The third kappa shape index (κ3) is 8.74. The lowest BCUT2D eigenvalue weighted by molar-refractivity contribution is -0.143. The van der Waals surface area contributed by atoms with Crippen molar-refractivity contribution in [3.8, 4) is 5.75 Å². The van der Waals surface area contributed by atoms with Gasteiger partial charge >= 0.3 is 12.1 Å². The van der Waals surface area contributed by atoms with Gasteiger partial charge in [-0.2, -0.15) is 0 Å². The number of ether oxygens (including phenoxy) is 1. The number of likely N-dealkylation sites (tertiary alicyclic amines) is 2. The van der Waals surface area contributed by atoms with E-state index in [4.69, 9.17) is 9.94 Å². The van der Waals surface area contributed by atoms with Gasteiger partial charge in [0.15, 0.2) is 6.10 Å². The van der Waals surface area contributed by atoms with Gasteiger partial charge in [-0.15, -0.1) is 0 Å². The zero-order valence-electron chi connectivity index (χ0n) is 29.7. The van der Waals surface area contributed by atoms with Crippen LogP contribution in [0.4, 0.5) is 15.3 Å². The maximum absolute atomic E-state index is 14.1. The molecule has 2 aromatic carbocycles. The number of hydrogen-bond acceptors (Lipinski definition) is 9. The van der Waals surface area contributed by atoms with Crippen LogP contribution in [-0.4, -0.2) is 142 Å². The summed E-state index contributed by atoms with van der Waals surface area (Å²) in [4.78, 5) is 62.1. The molecule has 4 N–H and O–H groups in total. The van der Waals surface area contributed by atoms with E-state index in [1.165, 1.54) is 0 Å². The van der Waals surface area contributed by atoms with Gasteiger partial charge in [0.25, 0.3) is 11.8 Å². The summed E-state index contributed by atoms with van der Waals surface area (Å²) in [6.07, 6.45) is 2.42. The highest BCUT2D eigenvalue weighted by Crippen LogP contribution is 2.27. The summed E-state index contributed by atoms with van der Waals surface area (Å²) in [6, 6.07) is 11.7. The van der Waals surface area contributed by atoms with Gasteiger partial charge in [-0.25, -0.2) is 15.1 Å². The number of aryl methyl sites for hydroxylation is 2. The molecule has 0 spiro atoms. The van der Waals surface area contributed by atoms with Crippen molar-refractivity contribution in [1.29, 1.82) is 0 Å². The number of hydrogen-bond donors (Lipinski definition) is 4. The summed E-state index contributed by atoms with van der Waals surface area (Å²) < 4.78 is 6.05. The van der Waals surface area contributed by atoms with Crippen LogP contribution >= 0.6 is 0 Å². The zero-order chi connectivity index (χ0) is 36.1. The Hall–Kier alpha value is -4.40. The van der Waals surface area contributed by atoms with Crippen LogP contribution in [0.1, 0.15) is 47.9 Å². The van der Waals surface area contributed by atoms with Crippen molar-refractivity contribution >= 4 is 29.6 Å². The maximum Gasteiger partial charge on any atom is 0.410 e. The Morgan fingerprint density at radius 1 is 0.882 bits per heavy atom. The van der Waals surface area contributed by atoms with Gasteiger partial charge < -0.3 is 29.9 Å². The topological polar surface area (TPSA) is 158 Å². The third-order valence-corrected chi connectivity index (χ3v) is 11.0. The number of urea groups is 1. The summed E-state index contributed by atoms with van der Waals surface area (Å²) in [5.41, 5.74) is 5.85. The lowest BCUT2D eigenvalue weighted by Crippen LogP contribution is -2.57. The molecule has 0 unspecified atom stereocenters. The van der Waals surface area contributed by atoms with Gasteiger partial charge in [-0.3, -0.25) is 24.6 Å². The number of hydroxylamine groups is 1. The molecule has 0 radical (unpaired) electrons. The van der Waals surface area contributed by atoms with Crippen molar-refractivity contribution < 1.29 is 34.2 Å². The second kappa shape index (κ2) is 16.3. The molecule has 51 heavy (non-hydrogen) atoms. The van der Waals surface area contributed by atoms with Crippen molar-refractivity contribution in [3.05, 3.63) is 58.7 Å². The molecule has 4 aliphatic heterocycles. The van der Waals surface area contributed by atoms with E-state index in [9.17, 15) is 24.3 Å². The lowest BCUT2D eigenvalue weighted by atomic mass is 10.00. The molecule has 0 bridgehead atoms. The minimum atomic E-state index is -1.03. The molecular weight excluding hydrogens is 654 g/mol. The molecule has 4 heterocycles. The van der Waals surface area contributed by atoms with Crippen molar-refractivity contribution in [2.45, 2.75) is 70.6 Å². The van der Waals surface area contributed by atoms with Crippen LogP contribution in [0.2, 0.25) is 0 Å². The molecule has 3 fully saturated rings. The molecule has 6 rings (SSSR count). The number of piperazine rings is 1. The first-order valence-corrected chi connectivity index (χ1v) is 18.2. The number of fused-ring (bicyclic) bond motifs is 1. The van der Waals surface area contributed by atoms with Gasteiger partial charge in [0.2, 0.25) is 0 Å². The second-order valence-corrected chi connectivity index (χ2v) is 14.3. The highest BCUT2D eigenvalue weighted by molar-refractivity contribution is 5.91. The van der Waals surface area contributed by atoms with Crippen molar-refractivity contribution in [3.63, 3.8) is 0 Å². The molecule has 14 heteroatoms. The number of carbonyl (C=O) groups is 4. The zero-order valence-corrected chi connectivity index (χ0v) is 29.7. The van der Waals surface area contributed by atoms with E-state index in [2.05, 4.69) is 10.2 Å². The second-order valence-electron chi connectivity index (χ2n) is 14.3. The molecule has 5 amide bonds. The average Bonchev–Trinajstić information content (AvgIpc) is 3.31. The Bertz CT molecular complexity index is 1560. The number of nitrogens with one attached hydrogen (secondary N) is 2. The summed E-state index contributed by atoms with van der Waals surface area (Å²) in [5.74, 6) is -0.430. The van der Waals surface area contributed by atoms with E-state index in [0.717, 1.165) is 49.2 Å². The number of phenolic OH excluding ortho intramolecular Hbond substituents is 1. The van der Waals surface area contributed by atoms with E-state index in [0.29, 0.717) is 75.8 Å². The molecule has 276 valence electrons. The largest absolute Gasteiger partial charge is 0.507 e. The third-order valence-electron chi connectivity index (χ3n) is 11.0. The monoisotopic (exact) mass is 705 g/mol. The number of anilines is 1. The number of rotatable bonds is 8. The first-order valence-electron chi connectivity index (χ1n) is 18.2. The highest BCUT2D eigenvalue weighted by Gasteiger charge is 2.36. The SMILES string of the molecule is Cc1cc(C[C@@H](OC(=O)N2CCC(N3CCc4ccccc4NC3=O)CC2)C(=O)N2CCN(C3CCN(CC(=O)NO)CC3)CC2)cc(C)c1O.